The van der Waals surface area contributed by atoms with Crippen molar-refractivity contribution in [2.75, 3.05) is 11.9 Å². The van der Waals surface area contributed by atoms with Gasteiger partial charge in [0.25, 0.3) is 0 Å². The van der Waals surface area contributed by atoms with Crippen molar-refractivity contribution in [3.05, 3.63) is 29.8 Å². The third kappa shape index (κ3) is 4.78. The quantitative estimate of drug-likeness (QED) is 0.721. The Morgan fingerprint density at radius 2 is 2.00 bits per heavy atom. The van der Waals surface area contributed by atoms with Gasteiger partial charge in [-0.25, -0.2) is 8.78 Å². The van der Waals surface area contributed by atoms with E-state index in [2.05, 4.69) is 10.6 Å². The van der Waals surface area contributed by atoms with E-state index in [1.165, 1.54) is 6.92 Å². The lowest BCUT2D eigenvalue weighted by Gasteiger charge is -2.25. The summed E-state index contributed by atoms with van der Waals surface area (Å²) >= 11 is 0. The van der Waals surface area contributed by atoms with Crippen LogP contribution in [0.2, 0.25) is 0 Å². The molecule has 21 heavy (non-hydrogen) atoms. The summed E-state index contributed by atoms with van der Waals surface area (Å²) in [6.07, 6.45) is 0.958. The Kier molecular flexibility index (Phi) is 5.78. The third-order valence-corrected chi connectivity index (χ3v) is 3.06. The highest BCUT2D eigenvalue weighted by Gasteiger charge is 2.32. The van der Waals surface area contributed by atoms with Gasteiger partial charge in [-0.1, -0.05) is 13.3 Å². The molecule has 1 atom stereocenters. The molecule has 0 aliphatic rings. The minimum absolute atomic E-state index is 0.283. The molecule has 0 saturated carbocycles. The number of carbonyl (C=O) groups excluding carboxylic acids is 1. The Bertz CT molecular complexity index is 537. The standard InChI is InChI=1S/C14H18F2N2O3/c1-3-6-14(2,13(20)21)17-8-12(19)18-11-7-9(15)4-5-10(11)16/h4-5,7,17H,3,6,8H2,1-2H3,(H,18,19)(H,20,21). The van der Waals surface area contributed by atoms with Crippen LogP contribution in [0.4, 0.5) is 14.5 Å². The van der Waals surface area contributed by atoms with E-state index in [1.54, 1.807) is 0 Å². The first-order chi connectivity index (χ1) is 9.78. The first-order valence-corrected chi connectivity index (χ1v) is 6.52. The molecular formula is C14H18F2N2O3. The van der Waals surface area contributed by atoms with Crippen molar-refractivity contribution in [3.63, 3.8) is 0 Å². The van der Waals surface area contributed by atoms with Crippen molar-refractivity contribution in [2.24, 2.45) is 0 Å². The molecule has 0 spiro atoms. The second-order valence-corrected chi connectivity index (χ2v) is 4.91. The highest BCUT2D eigenvalue weighted by Crippen LogP contribution is 2.15. The van der Waals surface area contributed by atoms with Crippen molar-refractivity contribution >= 4 is 17.6 Å². The molecule has 3 N–H and O–H groups in total. The van der Waals surface area contributed by atoms with Gasteiger partial charge in [-0.3, -0.25) is 14.9 Å². The average molecular weight is 300 g/mol. The smallest absolute Gasteiger partial charge is 0.323 e. The number of halogens is 2. The second kappa shape index (κ2) is 7.12. The Labute approximate surface area is 121 Å². The zero-order chi connectivity index (χ0) is 16.0. The van der Waals surface area contributed by atoms with Crippen LogP contribution < -0.4 is 10.6 Å². The zero-order valence-corrected chi connectivity index (χ0v) is 11.9. The number of carbonyl (C=O) groups is 2. The first kappa shape index (κ1) is 17.0. The maximum atomic E-state index is 13.4. The molecule has 0 radical (unpaired) electrons. The van der Waals surface area contributed by atoms with Crippen molar-refractivity contribution in [1.29, 1.82) is 0 Å². The number of carboxylic acids is 1. The van der Waals surface area contributed by atoms with Gasteiger partial charge in [0.15, 0.2) is 0 Å². The molecular weight excluding hydrogens is 282 g/mol. The fourth-order valence-electron chi connectivity index (χ4n) is 1.83. The molecule has 0 bridgehead atoms. The topological polar surface area (TPSA) is 78.4 Å². The molecule has 1 aromatic rings. The number of benzene rings is 1. The summed E-state index contributed by atoms with van der Waals surface area (Å²) in [7, 11) is 0. The van der Waals surface area contributed by atoms with E-state index in [0.717, 1.165) is 18.2 Å². The van der Waals surface area contributed by atoms with Gasteiger partial charge in [0.1, 0.15) is 17.2 Å². The van der Waals surface area contributed by atoms with Crippen molar-refractivity contribution in [2.45, 2.75) is 32.2 Å². The predicted molar refractivity (Wildman–Crippen MR) is 73.9 cm³/mol. The Morgan fingerprint density at radius 1 is 1.33 bits per heavy atom. The lowest BCUT2D eigenvalue weighted by Crippen LogP contribution is -2.51. The number of amides is 1. The van der Waals surface area contributed by atoms with E-state index in [0.29, 0.717) is 12.8 Å². The molecule has 0 fully saturated rings. The van der Waals surface area contributed by atoms with Crippen LogP contribution in [0.5, 0.6) is 0 Å². The van der Waals surface area contributed by atoms with Crippen molar-refractivity contribution < 1.29 is 23.5 Å². The van der Waals surface area contributed by atoms with Crippen LogP contribution in [0.1, 0.15) is 26.7 Å². The summed E-state index contributed by atoms with van der Waals surface area (Å²) in [6.45, 7) is 2.97. The molecule has 0 aliphatic heterocycles. The predicted octanol–water partition coefficient (Wildman–Crippen LogP) is 2.14. The zero-order valence-electron chi connectivity index (χ0n) is 11.9. The van der Waals surface area contributed by atoms with Crippen LogP contribution in [-0.4, -0.2) is 29.1 Å². The van der Waals surface area contributed by atoms with Crippen molar-refractivity contribution in [3.8, 4) is 0 Å². The molecule has 1 aromatic carbocycles. The van der Waals surface area contributed by atoms with E-state index in [-0.39, 0.29) is 12.2 Å². The summed E-state index contributed by atoms with van der Waals surface area (Å²) in [5.74, 6) is -3.17. The first-order valence-electron chi connectivity index (χ1n) is 6.52. The lowest BCUT2D eigenvalue weighted by molar-refractivity contribution is -0.144. The van der Waals surface area contributed by atoms with E-state index in [1.807, 2.05) is 6.92 Å². The van der Waals surface area contributed by atoms with Gasteiger partial charge in [-0.05, 0) is 25.5 Å². The molecule has 0 heterocycles. The van der Waals surface area contributed by atoms with E-state index in [4.69, 9.17) is 5.11 Å². The van der Waals surface area contributed by atoms with Gasteiger partial charge >= 0.3 is 5.97 Å². The normalized spacial score (nSPS) is 13.5. The summed E-state index contributed by atoms with van der Waals surface area (Å²) in [5, 5.41) is 14.0. The molecule has 5 nitrogen and oxygen atoms in total. The van der Waals surface area contributed by atoms with Gasteiger partial charge in [-0.2, -0.15) is 0 Å². The van der Waals surface area contributed by atoms with Crippen LogP contribution in [0.15, 0.2) is 18.2 Å². The Hall–Kier alpha value is -2.02. The summed E-state index contributed by atoms with van der Waals surface area (Å²) in [5.41, 5.74) is -1.53. The van der Waals surface area contributed by atoms with Crippen LogP contribution in [0.3, 0.4) is 0 Å². The second-order valence-electron chi connectivity index (χ2n) is 4.91. The number of carboxylic acid groups (broad SMARTS) is 1. The Morgan fingerprint density at radius 3 is 2.57 bits per heavy atom. The van der Waals surface area contributed by atoms with Crippen LogP contribution in [-0.2, 0) is 9.59 Å². The van der Waals surface area contributed by atoms with Gasteiger partial charge in [-0.15, -0.1) is 0 Å². The third-order valence-electron chi connectivity index (χ3n) is 3.06. The highest BCUT2D eigenvalue weighted by molar-refractivity contribution is 5.93. The molecule has 0 aromatic heterocycles. The number of rotatable bonds is 7. The fourth-order valence-corrected chi connectivity index (χ4v) is 1.83. The van der Waals surface area contributed by atoms with Crippen molar-refractivity contribution in [1.82, 2.24) is 5.32 Å². The SMILES string of the molecule is CCCC(C)(NCC(=O)Nc1cc(F)ccc1F)C(=O)O. The van der Waals surface area contributed by atoms with Gasteiger partial charge in [0.05, 0.1) is 12.2 Å². The number of hydrogen-bond donors (Lipinski definition) is 3. The number of anilines is 1. The van der Waals surface area contributed by atoms with E-state index < -0.39 is 29.0 Å². The molecule has 1 unspecified atom stereocenters. The highest BCUT2D eigenvalue weighted by atomic mass is 19.1. The lowest BCUT2D eigenvalue weighted by atomic mass is 9.96. The largest absolute Gasteiger partial charge is 0.480 e. The maximum Gasteiger partial charge on any atom is 0.323 e. The molecule has 0 saturated heterocycles. The molecule has 7 heteroatoms. The minimum atomic E-state index is -1.24. The summed E-state index contributed by atoms with van der Waals surface area (Å²) in [6, 6.07) is 2.69. The van der Waals surface area contributed by atoms with Gasteiger partial charge in [0, 0.05) is 6.07 Å². The van der Waals surface area contributed by atoms with Crippen LogP contribution in [0.25, 0.3) is 0 Å². The Balaban J connectivity index is 2.65. The maximum absolute atomic E-state index is 13.4. The minimum Gasteiger partial charge on any atom is -0.480 e. The summed E-state index contributed by atoms with van der Waals surface area (Å²) in [4.78, 5) is 22.9. The van der Waals surface area contributed by atoms with Crippen LogP contribution in [0, 0.1) is 11.6 Å². The summed E-state index contributed by atoms with van der Waals surface area (Å²) < 4.78 is 26.3. The van der Waals surface area contributed by atoms with Crippen LogP contribution >= 0.6 is 0 Å². The number of nitrogens with one attached hydrogen (secondary N) is 2. The van der Waals surface area contributed by atoms with E-state index >= 15 is 0 Å². The number of aliphatic carboxylic acids is 1. The molecule has 0 aliphatic carbocycles. The number of hydrogen-bond acceptors (Lipinski definition) is 3. The average Bonchev–Trinajstić information content (AvgIpc) is 2.41. The van der Waals surface area contributed by atoms with Gasteiger partial charge in [0.2, 0.25) is 5.91 Å². The molecule has 116 valence electrons. The fraction of sp³-hybridized carbons (Fsp3) is 0.429. The molecule has 1 rings (SSSR count). The van der Waals surface area contributed by atoms with E-state index in [9.17, 15) is 18.4 Å². The monoisotopic (exact) mass is 300 g/mol. The van der Waals surface area contributed by atoms with Gasteiger partial charge < -0.3 is 10.4 Å². The molecule has 1 amide bonds.